The van der Waals surface area contributed by atoms with Crippen LogP contribution in [0.2, 0.25) is 0 Å². The lowest BCUT2D eigenvalue weighted by Crippen LogP contribution is -2.38. The summed E-state index contributed by atoms with van der Waals surface area (Å²) in [7, 11) is 0. The number of halogens is 1. The molecule has 1 saturated heterocycles. The predicted molar refractivity (Wildman–Crippen MR) is 160 cm³/mol. The molecular weight excluding hydrogens is 575 g/mol. The van der Waals surface area contributed by atoms with Crippen molar-refractivity contribution in [1.82, 2.24) is 9.88 Å². The van der Waals surface area contributed by atoms with Crippen molar-refractivity contribution in [2.45, 2.75) is 64.3 Å². The third kappa shape index (κ3) is 7.32. The second kappa shape index (κ2) is 14.7. The molecule has 0 bridgehead atoms. The van der Waals surface area contributed by atoms with Gasteiger partial charge in [-0.3, -0.25) is 24.8 Å². The highest BCUT2D eigenvalue weighted by Gasteiger charge is 2.41. The van der Waals surface area contributed by atoms with Gasteiger partial charge in [-0.1, -0.05) is 19.4 Å². The van der Waals surface area contributed by atoms with Gasteiger partial charge >= 0.3 is 0 Å². The Morgan fingerprint density at radius 3 is 2.93 bits per heavy atom. The second-order valence-corrected chi connectivity index (χ2v) is 11.3. The molecule has 0 aliphatic carbocycles. The first-order valence-corrected chi connectivity index (χ1v) is 15.6. The van der Waals surface area contributed by atoms with Crippen molar-refractivity contribution < 1.29 is 33.4 Å². The van der Waals surface area contributed by atoms with E-state index in [0.717, 1.165) is 25.7 Å². The normalized spacial score (nSPS) is 17.0. The number of unbranched alkanes of at least 4 members (excludes halogenated alkanes) is 1. The Bertz CT molecular complexity index is 1380. The monoisotopic (exact) mass is 612 g/mol. The highest BCUT2D eigenvalue weighted by Crippen LogP contribution is 2.40. The molecule has 12 heteroatoms. The van der Waals surface area contributed by atoms with E-state index in [-0.39, 0.29) is 30.4 Å². The molecule has 2 N–H and O–H groups in total. The molecular formula is C31H37FN4O6S. The van der Waals surface area contributed by atoms with Crippen LogP contribution in [-0.4, -0.2) is 59.5 Å². The number of thiazole rings is 1. The maximum Gasteiger partial charge on any atom is 0.255 e. The van der Waals surface area contributed by atoms with Gasteiger partial charge in [0.25, 0.3) is 11.8 Å². The van der Waals surface area contributed by atoms with Gasteiger partial charge in [-0.25, -0.2) is 9.37 Å². The van der Waals surface area contributed by atoms with Crippen LogP contribution in [0.25, 0.3) is 0 Å². The number of rotatable bonds is 14. The summed E-state index contributed by atoms with van der Waals surface area (Å²) in [4.78, 5) is 39.6. The smallest absolute Gasteiger partial charge is 0.255 e. The van der Waals surface area contributed by atoms with E-state index in [9.17, 15) is 19.1 Å². The van der Waals surface area contributed by atoms with Gasteiger partial charge in [0, 0.05) is 47.8 Å². The summed E-state index contributed by atoms with van der Waals surface area (Å²) in [5, 5.41) is 15.9. The zero-order chi connectivity index (χ0) is 30.2. The van der Waals surface area contributed by atoms with Crippen molar-refractivity contribution in [2.24, 2.45) is 0 Å². The maximum absolute atomic E-state index is 14.8. The third-order valence-corrected chi connectivity index (χ3v) is 8.08. The van der Waals surface area contributed by atoms with E-state index in [1.165, 1.54) is 34.4 Å². The number of fused-ring (bicyclic) bond motifs is 1. The van der Waals surface area contributed by atoms with Crippen molar-refractivity contribution in [3.05, 3.63) is 70.5 Å². The minimum Gasteiger partial charge on any atom is -0.465 e. The fraction of sp³-hybridized carbons (Fsp3) is 0.452. The SMILES string of the molecule is CCCCN(OCCCO)c1cccc2c1CN(C(C(=O)Nc1nccs1)c1cc(F)ccc1OC1CCCCO1)C2=O. The Balaban J connectivity index is 1.52. The molecule has 0 spiro atoms. The van der Waals surface area contributed by atoms with Gasteiger partial charge in [0.2, 0.25) is 0 Å². The molecule has 230 valence electrons. The number of nitrogens with zero attached hydrogens (tertiary/aromatic N) is 3. The summed E-state index contributed by atoms with van der Waals surface area (Å²) >= 11 is 1.24. The number of hydrogen-bond donors (Lipinski definition) is 2. The largest absolute Gasteiger partial charge is 0.465 e. The van der Waals surface area contributed by atoms with Crippen molar-refractivity contribution in [3.63, 3.8) is 0 Å². The number of benzene rings is 2. The van der Waals surface area contributed by atoms with Gasteiger partial charge in [0.15, 0.2) is 11.4 Å². The number of nitrogens with one attached hydrogen (secondary N) is 1. The van der Waals surface area contributed by atoms with Crippen LogP contribution in [0.15, 0.2) is 48.0 Å². The summed E-state index contributed by atoms with van der Waals surface area (Å²) in [5.41, 5.74) is 2.07. The van der Waals surface area contributed by atoms with Gasteiger partial charge in [-0.05, 0) is 56.0 Å². The average Bonchev–Trinajstić information content (AvgIpc) is 3.65. The van der Waals surface area contributed by atoms with Crippen molar-refractivity contribution in [1.29, 1.82) is 0 Å². The fourth-order valence-corrected chi connectivity index (χ4v) is 5.80. The molecule has 2 amide bonds. The van der Waals surface area contributed by atoms with E-state index >= 15 is 0 Å². The highest BCUT2D eigenvalue weighted by molar-refractivity contribution is 7.13. The molecule has 2 aliphatic rings. The van der Waals surface area contributed by atoms with E-state index in [1.807, 2.05) is 6.07 Å². The summed E-state index contributed by atoms with van der Waals surface area (Å²) < 4.78 is 26.8. The van der Waals surface area contributed by atoms with Crippen molar-refractivity contribution >= 4 is 34.0 Å². The Labute approximate surface area is 254 Å². The zero-order valence-corrected chi connectivity index (χ0v) is 25.0. The average molecular weight is 613 g/mol. The lowest BCUT2D eigenvalue weighted by Gasteiger charge is -2.30. The Kier molecular flexibility index (Phi) is 10.6. The first-order valence-electron chi connectivity index (χ1n) is 14.7. The molecule has 2 aliphatic heterocycles. The number of aliphatic hydroxyl groups is 1. The van der Waals surface area contributed by atoms with Gasteiger partial charge < -0.3 is 19.5 Å². The van der Waals surface area contributed by atoms with Gasteiger partial charge in [0.1, 0.15) is 17.6 Å². The molecule has 0 saturated carbocycles. The lowest BCUT2D eigenvalue weighted by molar-refractivity contribution is -0.121. The van der Waals surface area contributed by atoms with Crippen LogP contribution in [0, 0.1) is 5.82 Å². The number of amides is 2. The molecule has 2 aromatic carbocycles. The summed E-state index contributed by atoms with van der Waals surface area (Å²) in [6, 6.07) is 8.15. The topological polar surface area (TPSA) is 113 Å². The predicted octanol–water partition coefficient (Wildman–Crippen LogP) is 5.44. The number of carbonyl (C=O) groups is 2. The summed E-state index contributed by atoms with van der Waals surface area (Å²) in [6.07, 6.45) is 5.80. The van der Waals surface area contributed by atoms with E-state index in [0.29, 0.717) is 54.5 Å². The number of ether oxygens (including phenoxy) is 2. The van der Waals surface area contributed by atoms with Gasteiger partial charge in [-0.2, -0.15) is 0 Å². The number of anilines is 2. The molecule has 5 rings (SSSR count). The van der Waals surface area contributed by atoms with Crippen LogP contribution in [0.3, 0.4) is 0 Å². The molecule has 0 radical (unpaired) electrons. The van der Waals surface area contributed by atoms with E-state index in [1.54, 1.807) is 28.8 Å². The summed E-state index contributed by atoms with van der Waals surface area (Å²) in [5.74, 6) is -1.20. The van der Waals surface area contributed by atoms with Crippen LogP contribution in [-0.2, 0) is 20.9 Å². The fourth-order valence-electron chi connectivity index (χ4n) is 5.27. The number of aromatic nitrogens is 1. The molecule has 3 aromatic rings. The first kappa shape index (κ1) is 30.9. The Morgan fingerprint density at radius 2 is 2.19 bits per heavy atom. The van der Waals surface area contributed by atoms with Crippen LogP contribution in [0.5, 0.6) is 5.75 Å². The van der Waals surface area contributed by atoms with Gasteiger partial charge in [0.05, 0.1) is 25.4 Å². The quantitative estimate of drug-likeness (QED) is 0.183. The van der Waals surface area contributed by atoms with Crippen LogP contribution in [0.4, 0.5) is 15.2 Å². The highest BCUT2D eigenvalue weighted by atomic mass is 32.1. The number of aliphatic hydroxyl groups excluding tert-OH is 1. The Hall–Kier alpha value is -3.58. The van der Waals surface area contributed by atoms with E-state index < -0.39 is 24.1 Å². The number of carbonyl (C=O) groups excluding carboxylic acids is 2. The Morgan fingerprint density at radius 1 is 1.30 bits per heavy atom. The van der Waals surface area contributed by atoms with Gasteiger partial charge in [-0.15, -0.1) is 11.3 Å². The van der Waals surface area contributed by atoms with Crippen LogP contribution in [0.1, 0.15) is 73.0 Å². The van der Waals surface area contributed by atoms with Crippen molar-refractivity contribution in [2.75, 3.05) is 36.7 Å². The van der Waals surface area contributed by atoms with Crippen molar-refractivity contribution in [3.8, 4) is 5.75 Å². The van der Waals surface area contributed by atoms with E-state index in [2.05, 4.69) is 17.2 Å². The molecule has 3 heterocycles. The lowest BCUT2D eigenvalue weighted by atomic mass is 10.0. The van der Waals surface area contributed by atoms with Crippen LogP contribution < -0.4 is 15.1 Å². The first-order chi connectivity index (χ1) is 21.0. The molecule has 2 atom stereocenters. The minimum atomic E-state index is -1.23. The minimum absolute atomic E-state index is 0.000599. The van der Waals surface area contributed by atoms with E-state index in [4.69, 9.17) is 14.3 Å². The number of hydroxylamine groups is 1. The van der Waals surface area contributed by atoms with Crippen LogP contribution >= 0.6 is 11.3 Å². The molecule has 10 nitrogen and oxygen atoms in total. The molecule has 1 fully saturated rings. The molecule has 2 unspecified atom stereocenters. The zero-order valence-electron chi connectivity index (χ0n) is 24.2. The number of hydrogen-bond acceptors (Lipinski definition) is 9. The third-order valence-electron chi connectivity index (χ3n) is 7.39. The summed E-state index contributed by atoms with van der Waals surface area (Å²) in [6.45, 7) is 3.61. The standard InChI is InChI=1S/C31H37FN4O6S/c1-2-3-14-36(41-17-7-15-37)25-9-6-8-22-24(25)20-35(30(22)39)28(29(38)34-31-33-13-18-43-31)23-19-21(32)11-12-26(23)42-27-10-4-5-16-40-27/h6,8-9,11-13,18-19,27-28,37H,2-5,7,10,14-17,20H2,1H3,(H,33,34,38). The molecule has 43 heavy (non-hydrogen) atoms. The second-order valence-electron chi connectivity index (χ2n) is 10.4. The molecule has 1 aromatic heterocycles. The maximum atomic E-state index is 14.8.